The fourth-order valence-electron chi connectivity index (χ4n) is 3.00. The minimum atomic E-state index is -0.296. The molecule has 1 heterocycles. The normalized spacial score (nSPS) is 16.0. The Morgan fingerprint density at radius 3 is 2.57 bits per heavy atom. The van der Waals surface area contributed by atoms with Crippen LogP contribution in [0.2, 0.25) is 0 Å². The SMILES string of the molecule is N#Cc1ccc(F)c(NC2CCN(Cc3ccccc3)CC2)c1. The molecule has 0 aromatic heterocycles. The lowest BCUT2D eigenvalue weighted by molar-refractivity contribution is 0.211. The summed E-state index contributed by atoms with van der Waals surface area (Å²) in [5.74, 6) is -0.296. The molecule has 2 aromatic carbocycles. The summed E-state index contributed by atoms with van der Waals surface area (Å²) in [6, 6.07) is 17.2. The zero-order valence-corrected chi connectivity index (χ0v) is 13.0. The van der Waals surface area contributed by atoms with Gasteiger partial charge in [0.2, 0.25) is 0 Å². The zero-order valence-electron chi connectivity index (χ0n) is 13.0. The van der Waals surface area contributed by atoms with E-state index in [0.29, 0.717) is 11.3 Å². The van der Waals surface area contributed by atoms with Crippen LogP contribution in [0.3, 0.4) is 0 Å². The van der Waals surface area contributed by atoms with Crippen LogP contribution in [0.1, 0.15) is 24.0 Å². The van der Waals surface area contributed by atoms with Gasteiger partial charge in [-0.15, -0.1) is 0 Å². The van der Waals surface area contributed by atoms with Gasteiger partial charge in [0.15, 0.2) is 0 Å². The summed E-state index contributed by atoms with van der Waals surface area (Å²) < 4.78 is 13.8. The van der Waals surface area contributed by atoms with Crippen LogP contribution in [0.4, 0.5) is 10.1 Å². The lowest BCUT2D eigenvalue weighted by Gasteiger charge is -2.33. The van der Waals surface area contributed by atoms with Crippen molar-refractivity contribution in [1.29, 1.82) is 5.26 Å². The maximum Gasteiger partial charge on any atom is 0.146 e. The number of hydrogen-bond acceptors (Lipinski definition) is 3. The molecule has 0 amide bonds. The van der Waals surface area contributed by atoms with Crippen molar-refractivity contribution in [1.82, 2.24) is 4.90 Å². The van der Waals surface area contributed by atoms with Gasteiger partial charge in [-0.05, 0) is 36.6 Å². The molecular formula is C19H20FN3. The summed E-state index contributed by atoms with van der Waals surface area (Å²) in [5.41, 5.74) is 2.24. The van der Waals surface area contributed by atoms with Gasteiger partial charge in [-0.3, -0.25) is 4.90 Å². The van der Waals surface area contributed by atoms with Crippen molar-refractivity contribution < 1.29 is 4.39 Å². The number of nitriles is 1. The Hall–Kier alpha value is -2.38. The molecule has 0 radical (unpaired) electrons. The molecule has 3 nitrogen and oxygen atoms in total. The van der Waals surface area contributed by atoms with Gasteiger partial charge in [-0.25, -0.2) is 4.39 Å². The number of nitrogens with one attached hydrogen (secondary N) is 1. The number of benzene rings is 2. The van der Waals surface area contributed by atoms with E-state index in [4.69, 9.17) is 5.26 Å². The van der Waals surface area contributed by atoms with E-state index < -0.39 is 0 Å². The monoisotopic (exact) mass is 309 g/mol. The summed E-state index contributed by atoms with van der Waals surface area (Å²) in [7, 11) is 0. The first-order chi connectivity index (χ1) is 11.2. The van der Waals surface area contributed by atoms with E-state index in [1.807, 2.05) is 6.07 Å². The standard InChI is InChI=1S/C19H20FN3/c20-18-7-6-16(13-21)12-19(18)22-17-8-10-23(11-9-17)14-15-4-2-1-3-5-15/h1-7,12,17,22H,8-11,14H2. The fourth-order valence-corrected chi connectivity index (χ4v) is 3.00. The molecule has 0 spiro atoms. The Morgan fingerprint density at radius 1 is 1.13 bits per heavy atom. The van der Waals surface area contributed by atoms with Gasteiger partial charge in [-0.1, -0.05) is 30.3 Å². The number of piperidine rings is 1. The van der Waals surface area contributed by atoms with Crippen molar-refractivity contribution in [3.8, 4) is 6.07 Å². The summed E-state index contributed by atoms with van der Waals surface area (Å²) in [5, 5.41) is 12.2. The van der Waals surface area contributed by atoms with Crippen LogP contribution in [0.15, 0.2) is 48.5 Å². The predicted molar refractivity (Wildman–Crippen MR) is 89.5 cm³/mol. The van der Waals surface area contributed by atoms with Crippen LogP contribution in [0.5, 0.6) is 0 Å². The number of nitrogens with zero attached hydrogens (tertiary/aromatic N) is 2. The third-order valence-corrected chi connectivity index (χ3v) is 4.29. The van der Waals surface area contributed by atoms with Gasteiger partial charge in [-0.2, -0.15) is 5.26 Å². The molecular weight excluding hydrogens is 289 g/mol. The van der Waals surface area contributed by atoms with Gasteiger partial charge in [0.05, 0.1) is 17.3 Å². The molecule has 1 aliphatic heterocycles. The summed E-state index contributed by atoms with van der Waals surface area (Å²) in [4.78, 5) is 2.43. The molecule has 23 heavy (non-hydrogen) atoms. The van der Waals surface area contributed by atoms with Crippen LogP contribution in [0, 0.1) is 17.1 Å². The quantitative estimate of drug-likeness (QED) is 0.934. The predicted octanol–water partition coefficient (Wildman–Crippen LogP) is 3.77. The Labute approximate surface area is 136 Å². The second-order valence-corrected chi connectivity index (χ2v) is 5.99. The fraction of sp³-hybridized carbons (Fsp3) is 0.316. The lowest BCUT2D eigenvalue weighted by atomic mass is 10.0. The summed E-state index contributed by atoms with van der Waals surface area (Å²) in [6.45, 7) is 2.95. The van der Waals surface area contributed by atoms with Crippen LogP contribution in [0.25, 0.3) is 0 Å². The second-order valence-electron chi connectivity index (χ2n) is 5.99. The minimum Gasteiger partial charge on any atom is -0.380 e. The number of halogens is 1. The van der Waals surface area contributed by atoms with E-state index in [2.05, 4.69) is 40.6 Å². The van der Waals surface area contributed by atoms with Gasteiger partial charge in [0.1, 0.15) is 5.82 Å². The Bertz CT molecular complexity index is 686. The van der Waals surface area contributed by atoms with Crippen LogP contribution in [-0.2, 0) is 6.54 Å². The molecule has 1 aliphatic rings. The average Bonchev–Trinajstić information content (AvgIpc) is 2.59. The highest BCUT2D eigenvalue weighted by Gasteiger charge is 2.20. The molecule has 1 fully saturated rings. The molecule has 0 saturated carbocycles. The van der Waals surface area contributed by atoms with Crippen molar-refractivity contribution in [2.75, 3.05) is 18.4 Å². The molecule has 0 bridgehead atoms. The molecule has 1 N–H and O–H groups in total. The first-order valence-corrected chi connectivity index (χ1v) is 7.97. The topological polar surface area (TPSA) is 39.1 Å². The van der Waals surface area contributed by atoms with Crippen molar-refractivity contribution >= 4 is 5.69 Å². The van der Waals surface area contributed by atoms with E-state index in [9.17, 15) is 4.39 Å². The first-order valence-electron chi connectivity index (χ1n) is 7.97. The number of hydrogen-bond donors (Lipinski definition) is 1. The number of likely N-dealkylation sites (tertiary alicyclic amines) is 1. The highest BCUT2D eigenvalue weighted by Crippen LogP contribution is 2.21. The van der Waals surface area contributed by atoms with Crippen LogP contribution < -0.4 is 5.32 Å². The van der Waals surface area contributed by atoms with Crippen LogP contribution >= 0.6 is 0 Å². The highest BCUT2D eigenvalue weighted by molar-refractivity contribution is 5.51. The van der Waals surface area contributed by atoms with Crippen LogP contribution in [-0.4, -0.2) is 24.0 Å². The van der Waals surface area contributed by atoms with E-state index in [-0.39, 0.29) is 11.9 Å². The Kier molecular flexibility index (Phi) is 4.89. The maximum atomic E-state index is 13.8. The molecule has 2 aromatic rings. The largest absolute Gasteiger partial charge is 0.380 e. The van der Waals surface area contributed by atoms with E-state index in [1.165, 1.54) is 17.7 Å². The third-order valence-electron chi connectivity index (χ3n) is 4.29. The Balaban J connectivity index is 1.54. The second kappa shape index (κ2) is 7.26. The third kappa shape index (κ3) is 4.08. The van der Waals surface area contributed by atoms with E-state index >= 15 is 0 Å². The molecule has 3 rings (SSSR count). The van der Waals surface area contributed by atoms with Crippen molar-refractivity contribution in [2.24, 2.45) is 0 Å². The van der Waals surface area contributed by atoms with Gasteiger partial charge < -0.3 is 5.32 Å². The molecule has 0 aliphatic carbocycles. The molecule has 1 saturated heterocycles. The van der Waals surface area contributed by atoms with Gasteiger partial charge >= 0.3 is 0 Å². The maximum absolute atomic E-state index is 13.8. The lowest BCUT2D eigenvalue weighted by Crippen LogP contribution is -2.38. The average molecular weight is 309 g/mol. The Morgan fingerprint density at radius 2 is 1.87 bits per heavy atom. The highest BCUT2D eigenvalue weighted by atomic mass is 19.1. The molecule has 118 valence electrons. The van der Waals surface area contributed by atoms with E-state index in [1.54, 1.807) is 6.07 Å². The summed E-state index contributed by atoms with van der Waals surface area (Å²) >= 11 is 0. The van der Waals surface area contributed by atoms with Crippen molar-refractivity contribution in [3.05, 3.63) is 65.5 Å². The van der Waals surface area contributed by atoms with E-state index in [0.717, 1.165) is 32.5 Å². The number of rotatable bonds is 4. The van der Waals surface area contributed by atoms with Gasteiger partial charge in [0, 0.05) is 25.7 Å². The zero-order chi connectivity index (χ0) is 16.1. The van der Waals surface area contributed by atoms with Crippen molar-refractivity contribution in [2.45, 2.75) is 25.4 Å². The minimum absolute atomic E-state index is 0.255. The van der Waals surface area contributed by atoms with Gasteiger partial charge in [0.25, 0.3) is 0 Å². The first kappa shape index (κ1) is 15.5. The smallest absolute Gasteiger partial charge is 0.146 e. The summed E-state index contributed by atoms with van der Waals surface area (Å²) in [6.07, 6.45) is 1.95. The number of anilines is 1. The molecule has 0 unspecified atom stereocenters. The van der Waals surface area contributed by atoms with Crippen molar-refractivity contribution in [3.63, 3.8) is 0 Å². The molecule has 0 atom stereocenters. The molecule has 4 heteroatoms.